The lowest BCUT2D eigenvalue weighted by atomic mass is 10.1. The van der Waals surface area contributed by atoms with E-state index >= 15 is 0 Å². The van der Waals surface area contributed by atoms with Crippen molar-refractivity contribution in [3.8, 4) is 16.3 Å². The second-order valence-corrected chi connectivity index (χ2v) is 8.97. The number of benzene rings is 2. The van der Waals surface area contributed by atoms with Crippen LogP contribution in [-0.4, -0.2) is 11.0 Å². The number of aromatic nitrogens is 1. The number of carbonyl (C=O) groups excluding carboxylic acids is 1. The van der Waals surface area contributed by atoms with Crippen LogP contribution in [-0.2, 0) is 11.2 Å². The number of nitrogens with zero attached hydrogens (tertiary/aromatic N) is 1. The molecule has 0 saturated heterocycles. The van der Waals surface area contributed by atoms with Crippen LogP contribution < -0.4 is 4.74 Å². The molecule has 1 heterocycles. The molecule has 160 valence electrons. The Balaban J connectivity index is 1.59. The van der Waals surface area contributed by atoms with Crippen molar-refractivity contribution in [2.75, 3.05) is 0 Å². The zero-order valence-electron chi connectivity index (χ0n) is 18.3. The molecule has 1 aromatic heterocycles. The number of rotatable bonds is 12. The van der Waals surface area contributed by atoms with Gasteiger partial charge in [0.05, 0.1) is 10.2 Å². The van der Waals surface area contributed by atoms with Crippen molar-refractivity contribution >= 4 is 27.5 Å². The SMILES string of the molecule is CCCCCCC(=O)Oc1ccc(-c2nc3ccc(CCCCCC)cc3s2)cc1. The van der Waals surface area contributed by atoms with Gasteiger partial charge in [0, 0.05) is 12.0 Å². The molecular weight excluding hydrogens is 390 g/mol. The third-order valence-corrected chi connectivity index (χ3v) is 6.41. The summed E-state index contributed by atoms with van der Waals surface area (Å²) in [5.74, 6) is 0.458. The summed E-state index contributed by atoms with van der Waals surface area (Å²) in [6.07, 6.45) is 11.1. The second kappa shape index (κ2) is 11.8. The maximum absolute atomic E-state index is 12.0. The highest BCUT2D eigenvalue weighted by molar-refractivity contribution is 7.21. The van der Waals surface area contributed by atoms with Crippen molar-refractivity contribution in [3.05, 3.63) is 48.0 Å². The van der Waals surface area contributed by atoms with E-state index in [2.05, 4.69) is 32.0 Å². The highest BCUT2D eigenvalue weighted by Gasteiger charge is 2.09. The third kappa shape index (κ3) is 6.66. The molecule has 0 radical (unpaired) electrons. The minimum absolute atomic E-state index is 0.148. The number of hydrogen-bond donors (Lipinski definition) is 0. The van der Waals surface area contributed by atoms with E-state index in [0.717, 1.165) is 35.4 Å². The Labute approximate surface area is 184 Å². The Kier molecular flexibility index (Phi) is 8.88. The molecule has 0 aliphatic heterocycles. The number of ether oxygens (including phenoxy) is 1. The van der Waals surface area contributed by atoms with Gasteiger partial charge in [0.15, 0.2) is 0 Å². The van der Waals surface area contributed by atoms with Gasteiger partial charge in [-0.15, -0.1) is 11.3 Å². The Morgan fingerprint density at radius 3 is 2.37 bits per heavy atom. The van der Waals surface area contributed by atoms with E-state index in [1.165, 1.54) is 48.8 Å². The van der Waals surface area contributed by atoms with Crippen molar-refractivity contribution in [1.82, 2.24) is 4.98 Å². The first kappa shape index (κ1) is 22.5. The maximum atomic E-state index is 12.0. The molecule has 0 saturated carbocycles. The van der Waals surface area contributed by atoms with Crippen LogP contribution in [0.15, 0.2) is 42.5 Å². The van der Waals surface area contributed by atoms with E-state index in [4.69, 9.17) is 9.72 Å². The molecular formula is C26H33NO2S. The minimum Gasteiger partial charge on any atom is -0.427 e. The molecule has 2 aromatic carbocycles. The van der Waals surface area contributed by atoms with E-state index in [-0.39, 0.29) is 5.97 Å². The lowest BCUT2D eigenvalue weighted by Crippen LogP contribution is -2.07. The topological polar surface area (TPSA) is 39.2 Å². The van der Waals surface area contributed by atoms with E-state index in [1.807, 2.05) is 24.3 Å². The smallest absolute Gasteiger partial charge is 0.311 e. The van der Waals surface area contributed by atoms with Gasteiger partial charge in [-0.2, -0.15) is 0 Å². The lowest BCUT2D eigenvalue weighted by Gasteiger charge is -2.05. The van der Waals surface area contributed by atoms with Crippen molar-refractivity contribution in [2.45, 2.75) is 78.1 Å². The summed E-state index contributed by atoms with van der Waals surface area (Å²) in [6, 6.07) is 14.3. The fourth-order valence-corrected chi connectivity index (χ4v) is 4.58. The Morgan fingerprint density at radius 1 is 0.900 bits per heavy atom. The van der Waals surface area contributed by atoms with Gasteiger partial charge in [-0.25, -0.2) is 4.98 Å². The highest BCUT2D eigenvalue weighted by atomic mass is 32.1. The molecule has 0 aliphatic carbocycles. The van der Waals surface area contributed by atoms with Crippen molar-refractivity contribution in [2.24, 2.45) is 0 Å². The first-order valence-corrected chi connectivity index (χ1v) is 12.2. The number of esters is 1. The normalized spacial score (nSPS) is 11.1. The predicted octanol–water partition coefficient (Wildman–Crippen LogP) is 7.96. The molecule has 0 N–H and O–H groups in total. The van der Waals surface area contributed by atoms with Crippen LogP contribution in [0.1, 0.15) is 77.2 Å². The van der Waals surface area contributed by atoms with Crippen molar-refractivity contribution in [3.63, 3.8) is 0 Å². The number of hydrogen-bond acceptors (Lipinski definition) is 4. The van der Waals surface area contributed by atoms with Crippen LogP contribution in [0.4, 0.5) is 0 Å². The molecule has 3 nitrogen and oxygen atoms in total. The van der Waals surface area contributed by atoms with Crippen molar-refractivity contribution in [1.29, 1.82) is 0 Å². The van der Waals surface area contributed by atoms with Crippen LogP contribution in [0.2, 0.25) is 0 Å². The zero-order chi connectivity index (χ0) is 21.2. The molecule has 0 amide bonds. The number of thiazole rings is 1. The van der Waals surface area contributed by atoms with Gasteiger partial charge in [-0.05, 0) is 61.2 Å². The largest absolute Gasteiger partial charge is 0.427 e. The lowest BCUT2D eigenvalue weighted by molar-refractivity contribution is -0.134. The summed E-state index contributed by atoms with van der Waals surface area (Å²) >= 11 is 1.72. The average molecular weight is 424 g/mol. The number of carbonyl (C=O) groups is 1. The number of unbranched alkanes of at least 4 members (excludes halogenated alkanes) is 6. The fourth-order valence-electron chi connectivity index (χ4n) is 3.55. The summed E-state index contributed by atoms with van der Waals surface area (Å²) in [4.78, 5) is 16.8. The van der Waals surface area contributed by atoms with Crippen molar-refractivity contribution < 1.29 is 9.53 Å². The summed E-state index contributed by atoms with van der Waals surface area (Å²) in [5.41, 5.74) is 3.51. The molecule has 0 bridgehead atoms. The van der Waals surface area contributed by atoms with Crippen LogP contribution in [0.3, 0.4) is 0 Å². The summed E-state index contributed by atoms with van der Waals surface area (Å²) in [6.45, 7) is 4.41. The van der Waals surface area contributed by atoms with Gasteiger partial charge < -0.3 is 4.74 Å². The second-order valence-electron chi connectivity index (χ2n) is 7.94. The third-order valence-electron chi connectivity index (χ3n) is 5.34. The average Bonchev–Trinajstić information content (AvgIpc) is 3.18. The molecule has 0 spiro atoms. The summed E-state index contributed by atoms with van der Waals surface area (Å²) in [5, 5.41) is 1.01. The van der Waals surface area contributed by atoms with Gasteiger partial charge in [0.25, 0.3) is 0 Å². The fraction of sp³-hybridized carbons (Fsp3) is 0.462. The monoisotopic (exact) mass is 423 g/mol. The molecule has 3 aromatic rings. The van der Waals surface area contributed by atoms with Gasteiger partial charge in [0.2, 0.25) is 0 Å². The van der Waals surface area contributed by atoms with E-state index in [9.17, 15) is 4.79 Å². The van der Waals surface area contributed by atoms with E-state index in [1.54, 1.807) is 11.3 Å². The van der Waals surface area contributed by atoms with Crippen LogP contribution >= 0.6 is 11.3 Å². The minimum atomic E-state index is -0.148. The summed E-state index contributed by atoms with van der Waals surface area (Å²) in [7, 11) is 0. The van der Waals surface area contributed by atoms with E-state index in [0.29, 0.717) is 12.2 Å². The molecule has 0 aliphatic rings. The molecule has 4 heteroatoms. The highest BCUT2D eigenvalue weighted by Crippen LogP contribution is 2.32. The predicted molar refractivity (Wildman–Crippen MR) is 127 cm³/mol. The van der Waals surface area contributed by atoms with Gasteiger partial charge in [-0.1, -0.05) is 58.4 Å². The quantitative estimate of drug-likeness (QED) is 0.168. The Hall–Kier alpha value is -2.20. The number of aryl methyl sites for hydroxylation is 1. The van der Waals surface area contributed by atoms with Crippen LogP contribution in [0.5, 0.6) is 5.75 Å². The Bertz CT molecular complexity index is 930. The van der Waals surface area contributed by atoms with Crippen LogP contribution in [0, 0.1) is 0 Å². The first-order chi connectivity index (χ1) is 14.7. The van der Waals surface area contributed by atoms with Gasteiger partial charge >= 0.3 is 5.97 Å². The van der Waals surface area contributed by atoms with E-state index < -0.39 is 0 Å². The molecule has 0 fully saturated rings. The van der Waals surface area contributed by atoms with Gasteiger partial charge in [0.1, 0.15) is 10.8 Å². The van der Waals surface area contributed by atoms with Gasteiger partial charge in [-0.3, -0.25) is 4.79 Å². The molecule has 3 rings (SSSR count). The molecule has 0 unspecified atom stereocenters. The maximum Gasteiger partial charge on any atom is 0.311 e. The number of fused-ring (bicyclic) bond motifs is 1. The van der Waals surface area contributed by atoms with Crippen LogP contribution in [0.25, 0.3) is 20.8 Å². The first-order valence-electron chi connectivity index (χ1n) is 11.4. The standard InChI is InChI=1S/C26H33NO2S/c1-3-5-7-9-11-20-13-18-23-24(19-20)30-26(27-23)21-14-16-22(17-15-21)29-25(28)12-10-8-6-4-2/h13-19H,3-12H2,1-2H3. The Morgan fingerprint density at radius 2 is 1.63 bits per heavy atom. The molecule has 0 atom stereocenters. The molecule has 30 heavy (non-hydrogen) atoms. The zero-order valence-corrected chi connectivity index (χ0v) is 19.1. The summed E-state index contributed by atoms with van der Waals surface area (Å²) < 4.78 is 6.70.